The molecule has 0 radical (unpaired) electrons. The molecule has 1 aliphatic heterocycles. The Morgan fingerprint density at radius 1 is 1.33 bits per heavy atom. The molecular weight excluding hydrogens is 156 g/mol. The van der Waals surface area contributed by atoms with Gasteiger partial charge in [0.1, 0.15) is 11.9 Å². The van der Waals surface area contributed by atoms with E-state index >= 15 is 0 Å². The number of carbonyl (C=O) groups excluding carboxylic acids is 2. The van der Waals surface area contributed by atoms with Crippen molar-refractivity contribution in [3.8, 4) is 0 Å². The van der Waals surface area contributed by atoms with Gasteiger partial charge in [-0.1, -0.05) is 6.92 Å². The Kier molecular flexibility index (Phi) is 2.98. The van der Waals surface area contributed by atoms with Gasteiger partial charge in [-0.25, -0.2) is 0 Å². The summed E-state index contributed by atoms with van der Waals surface area (Å²) in [6, 6.07) is 0. The van der Waals surface area contributed by atoms with Gasteiger partial charge in [0.25, 0.3) is 0 Å². The molecule has 1 fully saturated rings. The van der Waals surface area contributed by atoms with E-state index in [-0.39, 0.29) is 23.8 Å². The van der Waals surface area contributed by atoms with Crippen LogP contribution in [0, 0.1) is 0 Å². The lowest BCUT2D eigenvalue weighted by atomic mass is 10.1. The lowest BCUT2D eigenvalue weighted by molar-refractivity contribution is -0.124. The Hall–Kier alpha value is -0.700. The predicted octanol–water partition coefficient (Wildman–Crippen LogP) is 1.10. The highest BCUT2D eigenvalue weighted by Crippen LogP contribution is 2.23. The minimum Gasteiger partial charge on any atom is -0.362 e. The predicted molar refractivity (Wildman–Crippen MR) is 43.9 cm³/mol. The lowest BCUT2D eigenvalue weighted by Gasteiger charge is -1.94. The van der Waals surface area contributed by atoms with E-state index in [4.69, 9.17) is 4.74 Å². The molecule has 68 valence electrons. The van der Waals surface area contributed by atoms with Gasteiger partial charge in [0, 0.05) is 19.3 Å². The second-order valence-electron chi connectivity index (χ2n) is 3.12. The van der Waals surface area contributed by atoms with Crippen LogP contribution < -0.4 is 0 Å². The smallest absolute Gasteiger partial charge is 0.164 e. The molecule has 0 N–H and O–H groups in total. The SMILES string of the molecule is CCC(=O)CCC(=O)[C@H]1O[C@@H]1C. The first-order valence-corrected chi connectivity index (χ1v) is 4.35. The van der Waals surface area contributed by atoms with E-state index < -0.39 is 0 Å². The molecule has 0 spiro atoms. The van der Waals surface area contributed by atoms with E-state index in [2.05, 4.69) is 0 Å². The second kappa shape index (κ2) is 3.81. The van der Waals surface area contributed by atoms with E-state index in [9.17, 15) is 9.59 Å². The third-order valence-corrected chi connectivity index (χ3v) is 2.07. The number of carbonyl (C=O) groups is 2. The summed E-state index contributed by atoms with van der Waals surface area (Å²) < 4.78 is 4.98. The molecule has 0 unspecified atom stereocenters. The normalized spacial score (nSPS) is 26.8. The van der Waals surface area contributed by atoms with Crippen LogP contribution in [0.25, 0.3) is 0 Å². The summed E-state index contributed by atoms with van der Waals surface area (Å²) in [4.78, 5) is 22.0. The molecule has 0 amide bonds. The van der Waals surface area contributed by atoms with Crippen molar-refractivity contribution in [1.82, 2.24) is 0 Å². The highest BCUT2D eigenvalue weighted by molar-refractivity contribution is 5.90. The first-order valence-electron chi connectivity index (χ1n) is 4.35. The van der Waals surface area contributed by atoms with Crippen molar-refractivity contribution in [2.45, 2.75) is 45.3 Å². The van der Waals surface area contributed by atoms with Gasteiger partial charge in [-0.05, 0) is 6.92 Å². The van der Waals surface area contributed by atoms with E-state index in [0.717, 1.165) is 0 Å². The Bertz CT molecular complexity index is 198. The average molecular weight is 170 g/mol. The minimum absolute atomic E-state index is 0.0734. The zero-order valence-corrected chi connectivity index (χ0v) is 7.50. The molecule has 1 saturated heterocycles. The summed E-state index contributed by atoms with van der Waals surface area (Å²) >= 11 is 0. The Morgan fingerprint density at radius 3 is 2.33 bits per heavy atom. The summed E-state index contributed by atoms with van der Waals surface area (Å²) in [6.07, 6.45) is 1.11. The number of hydrogen-bond acceptors (Lipinski definition) is 3. The van der Waals surface area contributed by atoms with E-state index in [1.165, 1.54) is 0 Å². The first-order chi connectivity index (χ1) is 5.65. The van der Waals surface area contributed by atoms with Gasteiger partial charge in [-0.3, -0.25) is 9.59 Å². The maximum absolute atomic E-state index is 11.2. The third-order valence-electron chi connectivity index (χ3n) is 2.07. The Balaban J connectivity index is 2.15. The quantitative estimate of drug-likeness (QED) is 0.580. The molecule has 0 aromatic heterocycles. The second-order valence-corrected chi connectivity index (χ2v) is 3.12. The molecular formula is C9H14O3. The molecule has 0 aromatic rings. The summed E-state index contributed by atoms with van der Waals surface area (Å²) in [5.74, 6) is 0.223. The molecule has 1 rings (SSSR count). The van der Waals surface area contributed by atoms with Gasteiger partial charge in [-0.2, -0.15) is 0 Å². The van der Waals surface area contributed by atoms with Crippen LogP contribution in [-0.4, -0.2) is 23.8 Å². The van der Waals surface area contributed by atoms with E-state index in [1.807, 2.05) is 13.8 Å². The molecule has 12 heavy (non-hydrogen) atoms. The summed E-state index contributed by atoms with van der Waals surface area (Å²) in [5.41, 5.74) is 0. The average Bonchev–Trinajstić information content (AvgIpc) is 2.77. The molecule has 3 nitrogen and oxygen atoms in total. The fraction of sp³-hybridized carbons (Fsp3) is 0.778. The van der Waals surface area contributed by atoms with Crippen LogP contribution in [0.3, 0.4) is 0 Å². The van der Waals surface area contributed by atoms with Gasteiger partial charge in [0.2, 0.25) is 0 Å². The van der Waals surface area contributed by atoms with Gasteiger partial charge in [-0.15, -0.1) is 0 Å². The van der Waals surface area contributed by atoms with Crippen molar-refractivity contribution < 1.29 is 14.3 Å². The van der Waals surface area contributed by atoms with Crippen LogP contribution in [-0.2, 0) is 14.3 Å². The molecule has 3 heteroatoms. The van der Waals surface area contributed by atoms with Crippen molar-refractivity contribution in [3.05, 3.63) is 0 Å². The maximum atomic E-state index is 11.2. The Morgan fingerprint density at radius 2 is 1.92 bits per heavy atom. The minimum atomic E-state index is -0.213. The lowest BCUT2D eigenvalue weighted by Crippen LogP contribution is -2.10. The van der Waals surface area contributed by atoms with Crippen LogP contribution >= 0.6 is 0 Å². The largest absolute Gasteiger partial charge is 0.362 e. The number of epoxide rings is 1. The Labute approximate surface area is 72.1 Å². The molecule has 1 heterocycles. The standard InChI is InChI=1S/C9H14O3/c1-3-7(10)4-5-8(11)9-6(2)12-9/h6,9H,3-5H2,1-2H3/t6-,9+/m1/s1. The van der Waals surface area contributed by atoms with Gasteiger partial charge >= 0.3 is 0 Å². The number of Topliss-reactive ketones (excluding diaryl/α,β-unsaturated/α-hetero) is 2. The maximum Gasteiger partial charge on any atom is 0.164 e. The van der Waals surface area contributed by atoms with Crippen LogP contribution in [0.5, 0.6) is 0 Å². The zero-order chi connectivity index (χ0) is 9.14. The number of ketones is 2. The fourth-order valence-corrected chi connectivity index (χ4v) is 1.11. The van der Waals surface area contributed by atoms with Crippen LogP contribution in [0.4, 0.5) is 0 Å². The van der Waals surface area contributed by atoms with Gasteiger partial charge < -0.3 is 4.74 Å². The molecule has 2 atom stereocenters. The number of ether oxygens (including phenoxy) is 1. The van der Waals surface area contributed by atoms with E-state index in [0.29, 0.717) is 19.3 Å². The van der Waals surface area contributed by atoms with Gasteiger partial charge in [0.05, 0.1) is 6.10 Å². The zero-order valence-electron chi connectivity index (χ0n) is 7.50. The highest BCUT2D eigenvalue weighted by Gasteiger charge is 2.40. The summed E-state index contributed by atoms with van der Waals surface area (Å²) in [6.45, 7) is 3.67. The molecule has 0 bridgehead atoms. The molecule has 0 aromatic carbocycles. The van der Waals surface area contributed by atoms with Gasteiger partial charge in [0.15, 0.2) is 5.78 Å². The van der Waals surface area contributed by atoms with Crippen molar-refractivity contribution in [1.29, 1.82) is 0 Å². The van der Waals surface area contributed by atoms with Crippen LogP contribution in [0.2, 0.25) is 0 Å². The third kappa shape index (κ3) is 2.41. The van der Waals surface area contributed by atoms with E-state index in [1.54, 1.807) is 0 Å². The fourth-order valence-electron chi connectivity index (χ4n) is 1.11. The summed E-state index contributed by atoms with van der Waals surface area (Å²) in [5, 5.41) is 0. The highest BCUT2D eigenvalue weighted by atomic mass is 16.6. The number of rotatable bonds is 5. The first kappa shape index (κ1) is 9.39. The van der Waals surface area contributed by atoms with Crippen LogP contribution in [0.1, 0.15) is 33.1 Å². The monoisotopic (exact) mass is 170 g/mol. The van der Waals surface area contributed by atoms with Crippen LogP contribution in [0.15, 0.2) is 0 Å². The van der Waals surface area contributed by atoms with Crippen molar-refractivity contribution in [3.63, 3.8) is 0 Å². The molecule has 0 aliphatic carbocycles. The molecule has 0 saturated carbocycles. The van der Waals surface area contributed by atoms with Crippen molar-refractivity contribution >= 4 is 11.6 Å². The molecule has 1 aliphatic rings. The van der Waals surface area contributed by atoms with Crippen molar-refractivity contribution in [2.75, 3.05) is 0 Å². The summed E-state index contributed by atoms with van der Waals surface area (Å²) in [7, 11) is 0. The van der Waals surface area contributed by atoms with Crippen molar-refractivity contribution in [2.24, 2.45) is 0 Å². The number of hydrogen-bond donors (Lipinski definition) is 0. The topological polar surface area (TPSA) is 46.7 Å².